The average molecular weight is 1180 g/mol. The number of methoxy groups -OCH3 is 1. The SMILES string of the molecule is COC(=O)[C@H](Cc1ccc(O)cc1)NC(=O)[C@H](CC(N)=O)NC(=O)[C@H](CC(=O)O)NC(=O)[C@@H](NC(=O)[C@H](Cc1ccccc1)NC(=O)[C@@H](NC(=O)[C@H](C)NC(=O)[C@H](CC(=O)O)NC(=O)[C@H](CO)NC(=O)[C@@H](N)Cc1cnc[nH]1)C(C)C)[C@@H](C)O. The van der Waals surface area contributed by atoms with E-state index in [2.05, 4.69) is 57.8 Å². The zero-order valence-electron chi connectivity index (χ0n) is 46.3. The second-order valence-electron chi connectivity index (χ2n) is 19.6. The molecule has 11 atom stereocenters. The molecule has 0 spiro atoms. The maximum atomic E-state index is 14.2. The highest BCUT2D eigenvalue weighted by molar-refractivity contribution is 6.00. The first-order valence-corrected chi connectivity index (χ1v) is 25.9. The number of primary amides is 1. The molecule has 0 bridgehead atoms. The van der Waals surface area contributed by atoms with Gasteiger partial charge in [0.05, 0.1) is 51.5 Å². The Labute approximate surface area is 479 Å². The van der Waals surface area contributed by atoms with Crippen LogP contribution in [-0.4, -0.2) is 193 Å². The Balaban J connectivity index is 1.80. The number of aliphatic carboxylic acids is 2. The Kier molecular flexibility index (Phi) is 27.3. The van der Waals surface area contributed by atoms with Crippen LogP contribution in [0.5, 0.6) is 5.75 Å². The van der Waals surface area contributed by atoms with Gasteiger partial charge in [-0.1, -0.05) is 56.3 Å². The number of carboxylic acids is 2. The summed E-state index contributed by atoms with van der Waals surface area (Å²) >= 11 is 0. The van der Waals surface area contributed by atoms with Crippen molar-refractivity contribution >= 4 is 77.0 Å². The van der Waals surface area contributed by atoms with E-state index in [1.807, 2.05) is 0 Å². The molecule has 1 heterocycles. The fourth-order valence-electron chi connectivity index (χ4n) is 7.83. The zero-order chi connectivity index (χ0) is 63.0. The molecule has 0 unspecified atom stereocenters. The van der Waals surface area contributed by atoms with Crippen LogP contribution < -0.4 is 59.3 Å². The maximum absolute atomic E-state index is 14.2. The molecule has 32 heteroatoms. The highest BCUT2D eigenvalue weighted by Gasteiger charge is 2.38. The molecule has 19 N–H and O–H groups in total. The normalized spacial score (nSPS) is 14.9. The van der Waals surface area contributed by atoms with Crippen molar-refractivity contribution in [3.05, 3.63) is 83.9 Å². The van der Waals surface area contributed by atoms with Gasteiger partial charge in [0.25, 0.3) is 0 Å². The fourth-order valence-corrected chi connectivity index (χ4v) is 7.83. The van der Waals surface area contributed by atoms with Crippen LogP contribution in [0, 0.1) is 5.92 Å². The summed E-state index contributed by atoms with van der Waals surface area (Å²) in [6.45, 7) is 4.18. The van der Waals surface area contributed by atoms with Crippen molar-refractivity contribution in [1.82, 2.24) is 57.8 Å². The van der Waals surface area contributed by atoms with Gasteiger partial charge in [0, 0.05) is 31.2 Å². The molecule has 0 aliphatic carbocycles. The van der Waals surface area contributed by atoms with Crippen LogP contribution in [0.4, 0.5) is 0 Å². The Morgan fingerprint density at radius 2 is 1.00 bits per heavy atom. The second-order valence-corrected chi connectivity index (χ2v) is 19.6. The Morgan fingerprint density at radius 1 is 0.548 bits per heavy atom. The summed E-state index contributed by atoms with van der Waals surface area (Å²) in [5.41, 5.74) is 12.6. The average Bonchev–Trinajstić information content (AvgIpc) is 4.10. The molecule has 0 fully saturated rings. The number of nitrogens with zero attached hydrogens (tertiary/aromatic N) is 1. The number of ether oxygens (including phenoxy) is 1. The molecule has 0 saturated carbocycles. The summed E-state index contributed by atoms with van der Waals surface area (Å²) in [5, 5.41) is 70.0. The number of aliphatic hydroxyl groups is 2. The van der Waals surface area contributed by atoms with Crippen molar-refractivity contribution in [2.24, 2.45) is 17.4 Å². The van der Waals surface area contributed by atoms with E-state index in [0.29, 0.717) is 16.8 Å². The number of phenols is 1. The second kappa shape index (κ2) is 33.4. The number of phenolic OH excluding ortho intramolecular Hbond substituents is 1. The number of hydrogen-bond donors (Lipinski definition) is 17. The van der Waals surface area contributed by atoms with Crippen molar-refractivity contribution in [3.8, 4) is 5.75 Å². The van der Waals surface area contributed by atoms with Gasteiger partial charge in [-0.25, -0.2) is 9.78 Å². The van der Waals surface area contributed by atoms with Crippen molar-refractivity contribution in [3.63, 3.8) is 0 Å². The van der Waals surface area contributed by atoms with E-state index in [9.17, 15) is 87.9 Å². The lowest BCUT2D eigenvalue weighted by Crippen LogP contribution is -2.62. The number of aromatic nitrogens is 2. The molecule has 0 aliphatic heterocycles. The van der Waals surface area contributed by atoms with Gasteiger partial charge in [-0.2, -0.15) is 0 Å². The number of aromatic hydroxyl groups is 1. The first-order valence-electron chi connectivity index (χ1n) is 25.9. The third-order valence-electron chi connectivity index (χ3n) is 12.4. The largest absolute Gasteiger partial charge is 0.508 e. The van der Waals surface area contributed by atoms with E-state index in [-0.39, 0.29) is 25.0 Å². The van der Waals surface area contributed by atoms with Crippen molar-refractivity contribution in [2.75, 3.05) is 13.7 Å². The predicted octanol–water partition coefficient (Wildman–Crippen LogP) is -6.12. The summed E-state index contributed by atoms with van der Waals surface area (Å²) in [4.78, 5) is 178. The van der Waals surface area contributed by atoms with Gasteiger partial charge in [-0.3, -0.25) is 57.5 Å². The topological polar surface area (TPSA) is 521 Å². The number of aliphatic hydroxyl groups excluding tert-OH is 2. The molecule has 458 valence electrons. The molecule has 3 rings (SSSR count). The number of rotatable bonds is 34. The number of hydrogen-bond acceptors (Lipinski definition) is 19. The van der Waals surface area contributed by atoms with Crippen LogP contribution in [-0.2, 0) is 86.3 Å². The summed E-state index contributed by atoms with van der Waals surface area (Å²) in [7, 11) is 1.02. The summed E-state index contributed by atoms with van der Waals surface area (Å²) < 4.78 is 4.78. The first-order chi connectivity index (χ1) is 39.5. The van der Waals surface area contributed by atoms with Gasteiger partial charge in [0.15, 0.2) is 0 Å². The summed E-state index contributed by atoms with van der Waals surface area (Å²) in [6, 6.07) is -3.44. The third-order valence-corrected chi connectivity index (χ3v) is 12.4. The molecule has 2 aromatic carbocycles. The number of carboxylic acid groups (broad SMARTS) is 2. The van der Waals surface area contributed by atoms with Crippen molar-refractivity contribution in [1.29, 1.82) is 0 Å². The van der Waals surface area contributed by atoms with Crippen molar-refractivity contribution < 1.29 is 92.6 Å². The predicted molar refractivity (Wildman–Crippen MR) is 289 cm³/mol. The van der Waals surface area contributed by atoms with Crippen LogP contribution in [0.3, 0.4) is 0 Å². The minimum atomic E-state index is -2.09. The van der Waals surface area contributed by atoms with E-state index in [0.717, 1.165) is 21.0 Å². The number of nitrogens with two attached hydrogens (primary N) is 2. The van der Waals surface area contributed by atoms with E-state index in [1.165, 1.54) is 50.6 Å². The molecular formula is C52H71N13O19. The maximum Gasteiger partial charge on any atom is 0.328 e. The number of aromatic amines is 1. The summed E-state index contributed by atoms with van der Waals surface area (Å²) in [5.74, 6) is -16.6. The van der Waals surface area contributed by atoms with E-state index in [1.54, 1.807) is 30.3 Å². The van der Waals surface area contributed by atoms with Crippen molar-refractivity contribution in [2.45, 2.75) is 133 Å². The lowest BCUT2D eigenvalue weighted by atomic mass is 10.00. The van der Waals surface area contributed by atoms with Gasteiger partial charge in [-0.15, -0.1) is 0 Å². The monoisotopic (exact) mass is 1180 g/mol. The van der Waals surface area contributed by atoms with Crippen LogP contribution in [0.2, 0.25) is 0 Å². The number of H-pyrrole nitrogens is 1. The van der Waals surface area contributed by atoms with E-state index >= 15 is 0 Å². The highest BCUT2D eigenvalue weighted by Crippen LogP contribution is 2.14. The number of esters is 1. The Hall–Kier alpha value is -9.56. The van der Waals surface area contributed by atoms with E-state index < -0.39 is 175 Å². The van der Waals surface area contributed by atoms with Gasteiger partial charge in [0.1, 0.15) is 60.1 Å². The number of benzene rings is 2. The fraction of sp³-hybridized carbons (Fsp3) is 0.462. The van der Waals surface area contributed by atoms with Gasteiger partial charge in [-0.05, 0) is 43.0 Å². The molecule has 32 nitrogen and oxygen atoms in total. The molecule has 0 aliphatic rings. The number of carbonyl (C=O) groups is 13. The molecule has 84 heavy (non-hydrogen) atoms. The quantitative estimate of drug-likeness (QED) is 0.0247. The number of nitrogens with one attached hydrogen (secondary N) is 10. The number of amides is 10. The van der Waals surface area contributed by atoms with Gasteiger partial charge in [0.2, 0.25) is 59.1 Å². The van der Waals surface area contributed by atoms with E-state index in [4.69, 9.17) is 16.2 Å². The Morgan fingerprint density at radius 3 is 1.50 bits per heavy atom. The van der Waals surface area contributed by atoms with Crippen LogP contribution in [0.25, 0.3) is 0 Å². The molecular weight excluding hydrogens is 1110 g/mol. The Bertz CT molecular complexity index is 2800. The smallest absolute Gasteiger partial charge is 0.328 e. The van der Waals surface area contributed by atoms with Gasteiger partial charge >= 0.3 is 17.9 Å². The standard InChI is InChI=1S/C52H71N13O19/c1-24(2)41(64-43(74)25(3)57-45(76)34(19-39(70)71)59-49(80)37(22-66)63-44(75)31(53)17-29-21-55-23-56-29)50(81)60-32(15-27-9-7-6-8-10-27)48(79)65-42(26(4)67)51(82)61-35(20-40(72)73)47(78)58-33(18-38(54)69)46(77)62-36(52(83)84-5)16-28-11-13-30(68)14-12-28/h6-14,21,23-26,31-37,41-42,66-68H,15-20,22,53H2,1-5H3,(H2,54,69)(H,55,56)(H,57,76)(H,58,78)(H,59,80)(H,60,81)(H,61,82)(H,62,77)(H,63,75)(H,64,74)(H,65,79)(H,70,71)(H,72,73)/t25-,26+,31-,32-,33-,34-,35-,36-,37-,41-,42-/m0/s1. The highest BCUT2D eigenvalue weighted by atomic mass is 16.5. The minimum absolute atomic E-state index is 0.0407. The molecule has 3 aromatic rings. The zero-order valence-corrected chi connectivity index (χ0v) is 46.3. The summed E-state index contributed by atoms with van der Waals surface area (Å²) in [6.07, 6.45) is -2.74. The lowest BCUT2D eigenvalue weighted by molar-refractivity contribution is -0.146. The number of imidazole rings is 1. The molecule has 0 radical (unpaired) electrons. The van der Waals surface area contributed by atoms with Crippen LogP contribution >= 0.6 is 0 Å². The van der Waals surface area contributed by atoms with Crippen LogP contribution in [0.15, 0.2) is 67.1 Å². The third kappa shape index (κ3) is 22.8. The van der Waals surface area contributed by atoms with Crippen LogP contribution in [0.1, 0.15) is 63.8 Å². The van der Waals surface area contributed by atoms with Gasteiger partial charge < -0.3 is 94.6 Å². The minimum Gasteiger partial charge on any atom is -0.508 e. The molecule has 10 amide bonds. The molecule has 1 aromatic heterocycles. The molecule has 0 saturated heterocycles. The first kappa shape index (κ1) is 68.7. The number of carbonyl (C=O) groups excluding carboxylic acids is 11. The lowest BCUT2D eigenvalue weighted by Gasteiger charge is -2.29.